The number of esters is 1. The van der Waals surface area contributed by atoms with Crippen LogP contribution in [0.4, 0.5) is 4.39 Å². The van der Waals surface area contributed by atoms with Gasteiger partial charge in [0.25, 0.3) is 0 Å². The van der Waals surface area contributed by atoms with E-state index in [4.69, 9.17) is 11.6 Å². The van der Waals surface area contributed by atoms with Crippen molar-refractivity contribution < 1.29 is 13.9 Å². The number of methoxy groups -OCH3 is 1. The van der Waals surface area contributed by atoms with Gasteiger partial charge in [-0.2, -0.15) is 0 Å². The Labute approximate surface area is 120 Å². The van der Waals surface area contributed by atoms with Crippen LogP contribution in [0.5, 0.6) is 0 Å². The number of nitrogens with one attached hydrogen (secondary N) is 2. The molecule has 106 valence electrons. The summed E-state index contributed by atoms with van der Waals surface area (Å²) in [4.78, 5) is 14.2. The Morgan fingerprint density at radius 1 is 1.35 bits per heavy atom. The molecule has 0 saturated carbocycles. The number of hydrogen-bond acceptors (Lipinski definition) is 3. The predicted octanol–water partition coefficient (Wildman–Crippen LogP) is 2.88. The van der Waals surface area contributed by atoms with E-state index in [9.17, 15) is 9.18 Å². The Morgan fingerprint density at radius 2 is 2.15 bits per heavy atom. The Morgan fingerprint density at radius 3 is 2.85 bits per heavy atom. The summed E-state index contributed by atoms with van der Waals surface area (Å²) in [6.45, 7) is 1.10. The zero-order valence-electron chi connectivity index (χ0n) is 10.9. The average molecular weight is 297 g/mol. The number of rotatable bonds is 5. The number of hydrogen-bond donors (Lipinski definition) is 2. The largest absolute Gasteiger partial charge is 0.464 e. The monoisotopic (exact) mass is 296 g/mol. The van der Waals surface area contributed by atoms with Gasteiger partial charge in [-0.15, -0.1) is 0 Å². The summed E-state index contributed by atoms with van der Waals surface area (Å²) < 4.78 is 17.6. The SMILES string of the molecule is COC(=O)c1ccc(CNCc2ccc(F)c(Cl)c2)[nH]1. The van der Waals surface area contributed by atoms with Gasteiger partial charge in [0.05, 0.1) is 12.1 Å². The molecule has 0 aliphatic carbocycles. The Kier molecular flexibility index (Phi) is 4.76. The van der Waals surface area contributed by atoms with Gasteiger partial charge in [0, 0.05) is 18.8 Å². The predicted molar refractivity (Wildman–Crippen MR) is 74.1 cm³/mol. The van der Waals surface area contributed by atoms with E-state index in [-0.39, 0.29) is 5.02 Å². The molecule has 0 spiro atoms. The molecule has 0 aliphatic heterocycles. The lowest BCUT2D eigenvalue weighted by atomic mass is 10.2. The van der Waals surface area contributed by atoms with Crippen molar-refractivity contribution in [2.24, 2.45) is 0 Å². The maximum atomic E-state index is 13.0. The molecule has 1 heterocycles. The first-order chi connectivity index (χ1) is 9.60. The summed E-state index contributed by atoms with van der Waals surface area (Å²) in [5, 5.41) is 3.28. The van der Waals surface area contributed by atoms with Gasteiger partial charge < -0.3 is 15.0 Å². The van der Waals surface area contributed by atoms with Gasteiger partial charge in [0.15, 0.2) is 0 Å². The molecule has 0 unspecified atom stereocenters. The van der Waals surface area contributed by atoms with Crippen molar-refractivity contribution in [2.45, 2.75) is 13.1 Å². The highest BCUT2D eigenvalue weighted by atomic mass is 35.5. The van der Waals surface area contributed by atoms with Crippen molar-refractivity contribution in [1.82, 2.24) is 10.3 Å². The minimum Gasteiger partial charge on any atom is -0.464 e. The highest BCUT2D eigenvalue weighted by molar-refractivity contribution is 6.30. The molecule has 6 heteroatoms. The van der Waals surface area contributed by atoms with E-state index in [0.717, 1.165) is 11.3 Å². The van der Waals surface area contributed by atoms with Gasteiger partial charge >= 0.3 is 5.97 Å². The maximum absolute atomic E-state index is 13.0. The van der Waals surface area contributed by atoms with Crippen LogP contribution in [0.2, 0.25) is 5.02 Å². The van der Waals surface area contributed by atoms with Crippen LogP contribution in [-0.2, 0) is 17.8 Å². The second kappa shape index (κ2) is 6.54. The molecule has 0 atom stereocenters. The number of carbonyl (C=O) groups is 1. The molecule has 2 aromatic rings. The number of aromatic amines is 1. The van der Waals surface area contributed by atoms with Crippen LogP contribution in [0, 0.1) is 5.82 Å². The lowest BCUT2D eigenvalue weighted by Crippen LogP contribution is -2.13. The van der Waals surface area contributed by atoms with Crippen LogP contribution in [0.15, 0.2) is 30.3 Å². The minimum atomic E-state index is -0.428. The molecule has 1 aromatic carbocycles. The first-order valence-electron chi connectivity index (χ1n) is 6.01. The first-order valence-corrected chi connectivity index (χ1v) is 6.39. The van der Waals surface area contributed by atoms with Crippen LogP contribution in [0.1, 0.15) is 21.7 Å². The standard InChI is InChI=1S/C14H14ClFN2O2/c1-20-14(19)13-5-3-10(18-13)8-17-7-9-2-4-12(16)11(15)6-9/h2-6,17-18H,7-8H2,1H3. The highest BCUT2D eigenvalue weighted by Gasteiger charge is 2.07. The molecule has 0 bridgehead atoms. The van der Waals surface area contributed by atoms with Gasteiger partial charge in [-0.25, -0.2) is 9.18 Å². The van der Waals surface area contributed by atoms with Crippen molar-refractivity contribution in [3.05, 3.63) is 58.1 Å². The Bertz CT molecular complexity index is 613. The summed E-state index contributed by atoms with van der Waals surface area (Å²) in [6, 6.07) is 8.05. The molecule has 1 aromatic heterocycles. The normalized spacial score (nSPS) is 10.6. The summed E-state index contributed by atoms with van der Waals surface area (Å²) in [5.41, 5.74) is 2.16. The fraction of sp³-hybridized carbons (Fsp3) is 0.214. The average Bonchev–Trinajstić information content (AvgIpc) is 2.91. The van der Waals surface area contributed by atoms with Crippen molar-refractivity contribution >= 4 is 17.6 Å². The van der Waals surface area contributed by atoms with Crippen LogP contribution in [0.3, 0.4) is 0 Å². The molecule has 4 nitrogen and oxygen atoms in total. The molecule has 0 saturated heterocycles. The molecular weight excluding hydrogens is 283 g/mol. The van der Waals surface area contributed by atoms with Gasteiger partial charge in [0.1, 0.15) is 11.5 Å². The number of aromatic nitrogens is 1. The van der Waals surface area contributed by atoms with Crippen molar-refractivity contribution in [3.8, 4) is 0 Å². The quantitative estimate of drug-likeness (QED) is 0.834. The molecule has 0 aliphatic rings. The van der Waals surface area contributed by atoms with E-state index in [0.29, 0.717) is 18.8 Å². The molecule has 0 radical (unpaired) electrons. The first kappa shape index (κ1) is 14.6. The van der Waals surface area contributed by atoms with Gasteiger partial charge in [-0.1, -0.05) is 17.7 Å². The lowest BCUT2D eigenvalue weighted by Gasteiger charge is -2.05. The fourth-order valence-corrected chi connectivity index (χ4v) is 1.97. The maximum Gasteiger partial charge on any atom is 0.354 e. The molecule has 2 rings (SSSR count). The van der Waals surface area contributed by atoms with E-state index < -0.39 is 11.8 Å². The highest BCUT2D eigenvalue weighted by Crippen LogP contribution is 2.15. The summed E-state index contributed by atoms with van der Waals surface area (Å²) in [6.07, 6.45) is 0. The molecule has 2 N–H and O–H groups in total. The third kappa shape index (κ3) is 3.59. The van der Waals surface area contributed by atoms with Crippen LogP contribution >= 0.6 is 11.6 Å². The van der Waals surface area contributed by atoms with E-state index >= 15 is 0 Å². The molecular formula is C14H14ClFN2O2. The van der Waals surface area contributed by atoms with Crippen LogP contribution < -0.4 is 5.32 Å². The summed E-state index contributed by atoms with van der Waals surface area (Å²) >= 11 is 5.70. The van der Waals surface area contributed by atoms with Crippen molar-refractivity contribution in [1.29, 1.82) is 0 Å². The molecule has 20 heavy (non-hydrogen) atoms. The molecule has 0 fully saturated rings. The van der Waals surface area contributed by atoms with Crippen LogP contribution in [0.25, 0.3) is 0 Å². The van der Waals surface area contributed by atoms with Gasteiger partial charge in [0.2, 0.25) is 0 Å². The number of carbonyl (C=O) groups excluding carboxylic acids is 1. The van der Waals surface area contributed by atoms with Gasteiger partial charge in [-0.3, -0.25) is 0 Å². The summed E-state index contributed by atoms with van der Waals surface area (Å²) in [7, 11) is 1.33. The Balaban J connectivity index is 1.88. The second-order valence-corrected chi connectivity index (χ2v) is 4.65. The number of benzene rings is 1. The summed E-state index contributed by atoms with van der Waals surface area (Å²) in [5.74, 6) is -0.830. The second-order valence-electron chi connectivity index (χ2n) is 4.24. The van der Waals surface area contributed by atoms with E-state index in [1.54, 1.807) is 24.3 Å². The van der Waals surface area contributed by atoms with Crippen molar-refractivity contribution in [2.75, 3.05) is 7.11 Å². The lowest BCUT2D eigenvalue weighted by molar-refractivity contribution is 0.0594. The topological polar surface area (TPSA) is 54.1 Å². The zero-order valence-corrected chi connectivity index (χ0v) is 11.6. The van der Waals surface area contributed by atoms with Gasteiger partial charge in [-0.05, 0) is 29.8 Å². The third-order valence-corrected chi connectivity index (χ3v) is 3.07. The van der Waals surface area contributed by atoms with E-state index in [2.05, 4.69) is 15.0 Å². The number of halogens is 2. The van der Waals surface area contributed by atoms with Crippen LogP contribution in [-0.4, -0.2) is 18.1 Å². The molecule has 0 amide bonds. The number of ether oxygens (including phenoxy) is 1. The zero-order chi connectivity index (χ0) is 14.5. The Hall–Kier alpha value is -1.85. The van der Waals surface area contributed by atoms with E-state index in [1.165, 1.54) is 13.2 Å². The number of H-pyrrole nitrogens is 1. The van der Waals surface area contributed by atoms with E-state index in [1.807, 2.05) is 0 Å². The smallest absolute Gasteiger partial charge is 0.354 e. The van der Waals surface area contributed by atoms with Crippen molar-refractivity contribution in [3.63, 3.8) is 0 Å². The third-order valence-electron chi connectivity index (χ3n) is 2.78. The fourth-order valence-electron chi connectivity index (χ4n) is 1.76. The minimum absolute atomic E-state index is 0.108.